The molecular weight excluding hydrogens is 228 g/mol. The van der Waals surface area contributed by atoms with Crippen LogP contribution in [0.15, 0.2) is 35.6 Å². The topological polar surface area (TPSA) is 43.6 Å². The molecule has 0 radical (unpaired) electrons. The van der Waals surface area contributed by atoms with Gasteiger partial charge in [-0.05, 0) is 13.0 Å². The third-order valence-electron chi connectivity index (χ3n) is 2.86. The Bertz CT molecular complexity index is 611. The van der Waals surface area contributed by atoms with Gasteiger partial charge in [0.25, 0.3) is 0 Å². The van der Waals surface area contributed by atoms with E-state index in [0.29, 0.717) is 12.1 Å². The standard InChI is InChI=1S/C14H16N2O2/c1-4-14(17)18-15-10(2)12-9-16(3)13-8-6-5-7-11(12)13/h5-9H,4H2,1-3H3/b15-10+. The van der Waals surface area contributed by atoms with Crippen molar-refractivity contribution in [2.24, 2.45) is 12.2 Å². The van der Waals surface area contributed by atoms with Crippen molar-refractivity contribution in [2.45, 2.75) is 20.3 Å². The van der Waals surface area contributed by atoms with Crippen LogP contribution in [0.3, 0.4) is 0 Å². The second-order valence-corrected chi connectivity index (χ2v) is 4.16. The molecule has 0 N–H and O–H groups in total. The second-order valence-electron chi connectivity index (χ2n) is 4.16. The normalized spacial score (nSPS) is 11.8. The number of fused-ring (bicyclic) bond motifs is 1. The SMILES string of the molecule is CCC(=O)O/N=C(\C)c1cn(C)c2ccccc12. The van der Waals surface area contributed by atoms with E-state index in [1.54, 1.807) is 6.92 Å². The molecule has 0 aliphatic rings. The van der Waals surface area contributed by atoms with E-state index in [-0.39, 0.29) is 5.97 Å². The summed E-state index contributed by atoms with van der Waals surface area (Å²) in [7, 11) is 1.98. The van der Waals surface area contributed by atoms with Crippen molar-refractivity contribution in [1.82, 2.24) is 4.57 Å². The van der Waals surface area contributed by atoms with Crippen LogP contribution in [0, 0.1) is 0 Å². The predicted molar refractivity (Wildman–Crippen MR) is 71.5 cm³/mol. The van der Waals surface area contributed by atoms with Gasteiger partial charge in [-0.2, -0.15) is 0 Å². The molecule has 0 fully saturated rings. The van der Waals surface area contributed by atoms with Crippen LogP contribution in [0.25, 0.3) is 10.9 Å². The number of benzene rings is 1. The maximum Gasteiger partial charge on any atom is 0.334 e. The maximum absolute atomic E-state index is 11.1. The Labute approximate surface area is 106 Å². The zero-order chi connectivity index (χ0) is 13.1. The van der Waals surface area contributed by atoms with Gasteiger partial charge in [0, 0.05) is 36.1 Å². The smallest absolute Gasteiger partial charge is 0.334 e. The highest BCUT2D eigenvalue weighted by Crippen LogP contribution is 2.20. The van der Waals surface area contributed by atoms with Crippen LogP contribution in [0.5, 0.6) is 0 Å². The fraction of sp³-hybridized carbons (Fsp3) is 0.286. The van der Waals surface area contributed by atoms with Crippen molar-refractivity contribution < 1.29 is 9.63 Å². The summed E-state index contributed by atoms with van der Waals surface area (Å²) in [6.45, 7) is 3.58. The van der Waals surface area contributed by atoms with E-state index in [0.717, 1.165) is 16.5 Å². The molecule has 0 aliphatic carbocycles. The molecule has 0 atom stereocenters. The molecule has 0 spiro atoms. The summed E-state index contributed by atoms with van der Waals surface area (Å²) in [4.78, 5) is 15.9. The molecule has 2 rings (SSSR count). The zero-order valence-electron chi connectivity index (χ0n) is 10.8. The van der Waals surface area contributed by atoms with E-state index in [2.05, 4.69) is 5.16 Å². The molecule has 1 heterocycles. The van der Waals surface area contributed by atoms with Crippen LogP contribution in [0.4, 0.5) is 0 Å². The first kappa shape index (κ1) is 12.4. The third kappa shape index (κ3) is 2.27. The Hall–Kier alpha value is -2.10. The number of aryl methyl sites for hydroxylation is 1. The van der Waals surface area contributed by atoms with Crippen molar-refractivity contribution in [2.75, 3.05) is 0 Å². The summed E-state index contributed by atoms with van der Waals surface area (Å²) in [6, 6.07) is 8.06. The van der Waals surface area contributed by atoms with Crippen LogP contribution in [-0.4, -0.2) is 16.2 Å². The molecule has 0 aliphatic heterocycles. The van der Waals surface area contributed by atoms with Crippen molar-refractivity contribution in [3.8, 4) is 0 Å². The molecule has 0 saturated heterocycles. The van der Waals surface area contributed by atoms with Gasteiger partial charge in [-0.3, -0.25) is 0 Å². The van der Waals surface area contributed by atoms with Crippen LogP contribution >= 0.6 is 0 Å². The average Bonchev–Trinajstić information content (AvgIpc) is 2.74. The lowest BCUT2D eigenvalue weighted by atomic mass is 10.1. The molecule has 0 unspecified atom stereocenters. The van der Waals surface area contributed by atoms with Crippen molar-refractivity contribution in [3.63, 3.8) is 0 Å². The first-order chi connectivity index (χ1) is 8.63. The number of aromatic nitrogens is 1. The Balaban J connectivity index is 2.39. The van der Waals surface area contributed by atoms with Crippen molar-refractivity contribution in [3.05, 3.63) is 36.0 Å². The zero-order valence-corrected chi connectivity index (χ0v) is 10.8. The molecule has 0 bridgehead atoms. The average molecular weight is 244 g/mol. The number of nitrogens with zero attached hydrogens (tertiary/aromatic N) is 2. The van der Waals surface area contributed by atoms with E-state index in [1.165, 1.54) is 0 Å². The van der Waals surface area contributed by atoms with E-state index in [9.17, 15) is 4.79 Å². The number of para-hydroxylation sites is 1. The second kappa shape index (κ2) is 5.04. The minimum absolute atomic E-state index is 0.324. The minimum atomic E-state index is -0.324. The summed E-state index contributed by atoms with van der Waals surface area (Å²) in [5.74, 6) is -0.324. The molecule has 18 heavy (non-hydrogen) atoms. The van der Waals surface area contributed by atoms with Gasteiger partial charge >= 0.3 is 5.97 Å². The molecule has 1 aromatic heterocycles. The molecule has 0 saturated carbocycles. The molecular formula is C14H16N2O2. The van der Waals surface area contributed by atoms with Gasteiger partial charge < -0.3 is 9.40 Å². The highest BCUT2D eigenvalue weighted by Gasteiger charge is 2.09. The van der Waals surface area contributed by atoms with E-state index >= 15 is 0 Å². The van der Waals surface area contributed by atoms with Gasteiger partial charge in [0.15, 0.2) is 0 Å². The van der Waals surface area contributed by atoms with Gasteiger partial charge in [0.05, 0.1) is 5.71 Å². The number of hydrogen-bond acceptors (Lipinski definition) is 3. The van der Waals surface area contributed by atoms with Gasteiger partial charge in [0.2, 0.25) is 0 Å². The number of rotatable bonds is 3. The molecule has 4 nitrogen and oxygen atoms in total. The number of carbonyl (C=O) groups excluding carboxylic acids is 1. The molecule has 0 amide bonds. The van der Waals surface area contributed by atoms with Gasteiger partial charge in [0.1, 0.15) is 0 Å². The lowest BCUT2D eigenvalue weighted by Gasteiger charge is -1.98. The molecule has 94 valence electrons. The highest BCUT2D eigenvalue weighted by molar-refractivity contribution is 6.09. The van der Waals surface area contributed by atoms with Gasteiger partial charge in [-0.1, -0.05) is 30.3 Å². The first-order valence-electron chi connectivity index (χ1n) is 5.92. The summed E-state index contributed by atoms with van der Waals surface area (Å²) in [5, 5.41) is 4.99. The van der Waals surface area contributed by atoms with Gasteiger partial charge in [-0.15, -0.1) is 0 Å². The van der Waals surface area contributed by atoms with E-state index < -0.39 is 0 Å². The monoisotopic (exact) mass is 244 g/mol. The highest BCUT2D eigenvalue weighted by atomic mass is 16.7. The Morgan fingerprint density at radius 2 is 2.11 bits per heavy atom. The fourth-order valence-electron chi connectivity index (χ4n) is 1.86. The first-order valence-corrected chi connectivity index (χ1v) is 5.92. The Morgan fingerprint density at radius 1 is 1.39 bits per heavy atom. The van der Waals surface area contributed by atoms with E-state index in [4.69, 9.17) is 4.84 Å². The number of carbonyl (C=O) groups is 1. The lowest BCUT2D eigenvalue weighted by Crippen LogP contribution is -2.01. The Kier molecular flexibility index (Phi) is 3.46. The van der Waals surface area contributed by atoms with Crippen LogP contribution < -0.4 is 0 Å². The largest absolute Gasteiger partial charge is 0.350 e. The quantitative estimate of drug-likeness (QED) is 0.473. The Morgan fingerprint density at radius 3 is 2.83 bits per heavy atom. The van der Waals surface area contributed by atoms with E-state index in [1.807, 2.05) is 49.0 Å². The van der Waals surface area contributed by atoms with Gasteiger partial charge in [-0.25, -0.2) is 4.79 Å². The molecule has 2 aromatic rings. The van der Waals surface area contributed by atoms with Crippen LogP contribution in [0.2, 0.25) is 0 Å². The predicted octanol–water partition coefficient (Wildman–Crippen LogP) is 2.86. The van der Waals surface area contributed by atoms with Crippen LogP contribution in [0.1, 0.15) is 25.8 Å². The lowest BCUT2D eigenvalue weighted by molar-refractivity contribution is -0.143. The molecule has 1 aromatic carbocycles. The number of hydrogen-bond donors (Lipinski definition) is 0. The summed E-state index contributed by atoms with van der Waals surface area (Å²) >= 11 is 0. The van der Waals surface area contributed by atoms with Crippen LogP contribution in [-0.2, 0) is 16.7 Å². The maximum atomic E-state index is 11.1. The molecule has 4 heteroatoms. The fourth-order valence-corrected chi connectivity index (χ4v) is 1.86. The van der Waals surface area contributed by atoms with Crippen molar-refractivity contribution >= 4 is 22.6 Å². The minimum Gasteiger partial charge on any atom is -0.350 e. The summed E-state index contributed by atoms with van der Waals surface area (Å²) in [6.07, 6.45) is 2.32. The third-order valence-corrected chi connectivity index (χ3v) is 2.86. The summed E-state index contributed by atoms with van der Waals surface area (Å²) < 4.78 is 2.03. The number of oxime groups is 1. The summed E-state index contributed by atoms with van der Waals surface area (Å²) in [5.41, 5.74) is 2.81. The van der Waals surface area contributed by atoms with Crippen molar-refractivity contribution in [1.29, 1.82) is 0 Å².